The molecule has 0 aliphatic rings. The monoisotopic (exact) mass is 432 g/mol. The smallest absolute Gasteiger partial charge is 0.243 e. The maximum atomic E-state index is 13.3. The van der Waals surface area contributed by atoms with E-state index >= 15 is 0 Å². The number of methoxy groups -OCH3 is 1. The number of amides is 1. The lowest BCUT2D eigenvalue weighted by atomic mass is 10.1. The molecule has 0 heterocycles. The minimum absolute atomic E-state index is 0.160. The van der Waals surface area contributed by atoms with Crippen molar-refractivity contribution >= 4 is 15.9 Å². The third kappa shape index (κ3) is 6.85. The summed E-state index contributed by atoms with van der Waals surface area (Å²) in [6.07, 6.45) is 3.50. The quantitative estimate of drug-likeness (QED) is 0.521. The van der Waals surface area contributed by atoms with Gasteiger partial charge >= 0.3 is 0 Å². The van der Waals surface area contributed by atoms with E-state index in [1.165, 1.54) is 10.4 Å². The zero-order chi connectivity index (χ0) is 22.0. The van der Waals surface area contributed by atoms with Crippen molar-refractivity contribution in [3.05, 3.63) is 59.7 Å². The van der Waals surface area contributed by atoms with E-state index in [4.69, 9.17) is 4.74 Å². The number of unbranched alkanes of at least 4 members (excludes halogenated alkanes) is 2. The van der Waals surface area contributed by atoms with Crippen molar-refractivity contribution in [2.75, 3.05) is 26.7 Å². The van der Waals surface area contributed by atoms with Gasteiger partial charge in [0.1, 0.15) is 5.75 Å². The number of sulfonamides is 1. The first-order valence-electron chi connectivity index (χ1n) is 10.3. The molecule has 1 N–H and O–H groups in total. The minimum Gasteiger partial charge on any atom is -0.496 e. The standard InChI is InChI=1S/C23H32N2O4S/c1-4-5-9-15-24-23(26)18-25(16-14-20-10-7-6-8-11-20)30(27,28)21-12-13-22(29-3)19(2)17-21/h6-8,10-13,17H,4-5,9,14-16,18H2,1-3H3,(H,24,26). The molecule has 2 aromatic rings. The largest absolute Gasteiger partial charge is 0.496 e. The summed E-state index contributed by atoms with van der Waals surface area (Å²) in [7, 11) is -2.28. The van der Waals surface area contributed by atoms with Crippen LogP contribution in [0.25, 0.3) is 0 Å². The number of carbonyl (C=O) groups excluding carboxylic acids is 1. The number of rotatable bonds is 12. The molecule has 30 heavy (non-hydrogen) atoms. The third-order valence-electron chi connectivity index (χ3n) is 4.92. The molecule has 7 heteroatoms. The Kier molecular flexibility index (Phi) is 9.33. The van der Waals surface area contributed by atoms with Gasteiger partial charge in [-0.05, 0) is 49.1 Å². The number of benzene rings is 2. The zero-order valence-electron chi connectivity index (χ0n) is 18.1. The number of carbonyl (C=O) groups is 1. The Labute approximate surface area is 180 Å². The van der Waals surface area contributed by atoms with E-state index < -0.39 is 10.0 Å². The van der Waals surface area contributed by atoms with Gasteiger partial charge in [-0.25, -0.2) is 8.42 Å². The fourth-order valence-corrected chi connectivity index (χ4v) is 4.64. The molecule has 0 saturated heterocycles. The summed E-state index contributed by atoms with van der Waals surface area (Å²) < 4.78 is 33.1. The highest BCUT2D eigenvalue weighted by Crippen LogP contribution is 2.24. The van der Waals surface area contributed by atoms with Crippen molar-refractivity contribution in [2.45, 2.75) is 44.4 Å². The van der Waals surface area contributed by atoms with Gasteiger partial charge in [-0.2, -0.15) is 4.31 Å². The minimum atomic E-state index is -3.83. The van der Waals surface area contributed by atoms with Crippen LogP contribution < -0.4 is 10.1 Å². The van der Waals surface area contributed by atoms with Crippen LogP contribution in [-0.4, -0.2) is 45.4 Å². The Hall–Kier alpha value is -2.38. The molecule has 0 aliphatic carbocycles. The Morgan fingerprint density at radius 3 is 2.47 bits per heavy atom. The topological polar surface area (TPSA) is 75.7 Å². The molecule has 0 spiro atoms. The summed E-state index contributed by atoms with van der Waals surface area (Å²) in [5.41, 5.74) is 1.75. The number of hydrogen-bond acceptors (Lipinski definition) is 4. The number of nitrogens with zero attached hydrogens (tertiary/aromatic N) is 1. The highest BCUT2D eigenvalue weighted by Gasteiger charge is 2.27. The molecular formula is C23H32N2O4S. The van der Waals surface area contributed by atoms with Crippen LogP contribution >= 0.6 is 0 Å². The van der Waals surface area contributed by atoms with Crippen LogP contribution in [0.2, 0.25) is 0 Å². The van der Waals surface area contributed by atoms with Crippen LogP contribution in [0, 0.1) is 6.92 Å². The number of aryl methyl sites for hydroxylation is 1. The van der Waals surface area contributed by atoms with E-state index in [0.29, 0.717) is 18.7 Å². The lowest BCUT2D eigenvalue weighted by Crippen LogP contribution is -2.42. The zero-order valence-corrected chi connectivity index (χ0v) is 18.9. The molecule has 0 aromatic heterocycles. The van der Waals surface area contributed by atoms with E-state index in [0.717, 1.165) is 30.4 Å². The van der Waals surface area contributed by atoms with E-state index in [1.54, 1.807) is 26.2 Å². The van der Waals surface area contributed by atoms with Crippen molar-refractivity contribution < 1.29 is 17.9 Å². The van der Waals surface area contributed by atoms with E-state index in [-0.39, 0.29) is 23.9 Å². The molecule has 6 nitrogen and oxygen atoms in total. The van der Waals surface area contributed by atoms with Crippen LogP contribution in [0.3, 0.4) is 0 Å². The molecule has 2 rings (SSSR count). The molecule has 0 radical (unpaired) electrons. The second-order valence-corrected chi connectivity index (χ2v) is 9.20. The number of nitrogens with one attached hydrogen (secondary N) is 1. The molecule has 0 bridgehead atoms. The highest BCUT2D eigenvalue weighted by atomic mass is 32.2. The van der Waals surface area contributed by atoms with Crippen LogP contribution in [0.15, 0.2) is 53.4 Å². The van der Waals surface area contributed by atoms with Gasteiger partial charge in [-0.15, -0.1) is 0 Å². The second-order valence-electron chi connectivity index (χ2n) is 7.26. The first kappa shape index (κ1) is 23.9. The molecule has 0 unspecified atom stereocenters. The van der Waals surface area contributed by atoms with Crippen LogP contribution in [0.5, 0.6) is 5.75 Å². The SMILES string of the molecule is CCCCCNC(=O)CN(CCc1ccccc1)S(=O)(=O)c1ccc(OC)c(C)c1. The lowest BCUT2D eigenvalue weighted by Gasteiger charge is -2.22. The van der Waals surface area contributed by atoms with Crippen molar-refractivity contribution in [3.8, 4) is 5.75 Å². The van der Waals surface area contributed by atoms with E-state index in [9.17, 15) is 13.2 Å². The predicted molar refractivity (Wildman–Crippen MR) is 119 cm³/mol. The second kappa shape index (κ2) is 11.7. The van der Waals surface area contributed by atoms with E-state index in [1.807, 2.05) is 30.3 Å². The van der Waals surface area contributed by atoms with Gasteiger partial charge in [0.25, 0.3) is 0 Å². The first-order valence-corrected chi connectivity index (χ1v) is 11.8. The third-order valence-corrected chi connectivity index (χ3v) is 6.76. The van der Waals surface area contributed by atoms with Gasteiger partial charge in [0.2, 0.25) is 15.9 Å². The van der Waals surface area contributed by atoms with Crippen molar-refractivity contribution in [1.29, 1.82) is 0 Å². The molecule has 0 saturated carbocycles. The molecule has 0 atom stereocenters. The Balaban J connectivity index is 2.19. The Morgan fingerprint density at radius 1 is 1.10 bits per heavy atom. The van der Waals surface area contributed by atoms with Gasteiger partial charge in [0.05, 0.1) is 18.6 Å². The van der Waals surface area contributed by atoms with Gasteiger partial charge in [-0.1, -0.05) is 50.1 Å². The average molecular weight is 433 g/mol. The molecule has 2 aromatic carbocycles. The number of ether oxygens (including phenoxy) is 1. The lowest BCUT2D eigenvalue weighted by molar-refractivity contribution is -0.121. The predicted octanol–water partition coefficient (Wildman–Crippen LogP) is 3.54. The summed E-state index contributed by atoms with van der Waals surface area (Å²) in [5.74, 6) is 0.339. The molecule has 164 valence electrons. The molecule has 0 fully saturated rings. The van der Waals surface area contributed by atoms with Crippen LogP contribution in [-0.2, 0) is 21.2 Å². The maximum absolute atomic E-state index is 13.3. The highest BCUT2D eigenvalue weighted by molar-refractivity contribution is 7.89. The molecule has 0 aliphatic heterocycles. The van der Waals surface area contributed by atoms with E-state index in [2.05, 4.69) is 12.2 Å². The van der Waals surface area contributed by atoms with Gasteiger partial charge in [-0.3, -0.25) is 4.79 Å². The summed E-state index contributed by atoms with van der Waals surface area (Å²) in [5, 5.41) is 2.83. The van der Waals surface area contributed by atoms with Crippen LogP contribution in [0.4, 0.5) is 0 Å². The normalized spacial score (nSPS) is 11.5. The van der Waals surface area contributed by atoms with Crippen LogP contribution in [0.1, 0.15) is 37.3 Å². The fourth-order valence-electron chi connectivity index (χ4n) is 3.16. The Bertz CT molecular complexity index is 914. The number of hydrogen-bond donors (Lipinski definition) is 1. The summed E-state index contributed by atoms with van der Waals surface area (Å²) in [6.45, 7) is 4.47. The van der Waals surface area contributed by atoms with Crippen molar-refractivity contribution in [1.82, 2.24) is 9.62 Å². The first-order chi connectivity index (χ1) is 14.4. The van der Waals surface area contributed by atoms with Crippen molar-refractivity contribution in [3.63, 3.8) is 0 Å². The van der Waals surface area contributed by atoms with Gasteiger partial charge in [0.15, 0.2) is 0 Å². The average Bonchev–Trinajstić information content (AvgIpc) is 2.74. The van der Waals surface area contributed by atoms with Crippen molar-refractivity contribution in [2.24, 2.45) is 0 Å². The van der Waals surface area contributed by atoms with Gasteiger partial charge < -0.3 is 10.1 Å². The Morgan fingerprint density at radius 2 is 1.83 bits per heavy atom. The van der Waals surface area contributed by atoms with Gasteiger partial charge in [0, 0.05) is 13.1 Å². The summed E-state index contributed by atoms with van der Waals surface area (Å²) in [6, 6.07) is 14.4. The fraction of sp³-hybridized carbons (Fsp3) is 0.435. The summed E-state index contributed by atoms with van der Waals surface area (Å²) >= 11 is 0. The maximum Gasteiger partial charge on any atom is 0.243 e. The molecular weight excluding hydrogens is 400 g/mol. The molecule has 1 amide bonds. The summed E-state index contributed by atoms with van der Waals surface area (Å²) in [4.78, 5) is 12.6.